The minimum Gasteiger partial charge on any atom is -0.392 e. The molecule has 0 unspecified atom stereocenters. The molecule has 0 aromatic carbocycles. The minimum atomic E-state index is -0.161. The van der Waals surface area contributed by atoms with Gasteiger partial charge in [-0.25, -0.2) is 0 Å². The van der Waals surface area contributed by atoms with Gasteiger partial charge < -0.3 is 15.3 Å². The molecule has 1 aliphatic rings. The lowest BCUT2D eigenvalue weighted by Gasteiger charge is -2.37. The number of carbonyl (C=O) groups is 1. The smallest absolute Gasteiger partial charge is 0.269 e. The van der Waals surface area contributed by atoms with Crippen LogP contribution in [0.2, 0.25) is 0 Å². The summed E-state index contributed by atoms with van der Waals surface area (Å²) in [6.45, 7) is 7.42. The van der Waals surface area contributed by atoms with Gasteiger partial charge in [0.05, 0.1) is 6.61 Å². The first-order valence-corrected chi connectivity index (χ1v) is 8.68. The summed E-state index contributed by atoms with van der Waals surface area (Å²) in [6, 6.07) is 3.92. The Balaban J connectivity index is 1.81. The van der Waals surface area contributed by atoms with Crippen LogP contribution in [0.15, 0.2) is 18.3 Å². The van der Waals surface area contributed by atoms with Crippen molar-refractivity contribution in [3.63, 3.8) is 0 Å². The average Bonchev–Trinajstić information content (AvgIpc) is 2.56. The fourth-order valence-corrected chi connectivity index (χ4v) is 3.24. The summed E-state index contributed by atoms with van der Waals surface area (Å²) in [5.74, 6) is 0.516. The van der Waals surface area contributed by atoms with Crippen molar-refractivity contribution >= 4 is 5.91 Å². The normalized spacial score (nSPS) is 19.0. The fourth-order valence-electron chi connectivity index (χ4n) is 3.24. The predicted molar refractivity (Wildman–Crippen MR) is 91.2 cm³/mol. The first kappa shape index (κ1) is 17.9. The highest BCUT2D eigenvalue weighted by Crippen LogP contribution is 2.20. The number of nitrogens with zero attached hydrogens (tertiary/aromatic N) is 2. The quantitative estimate of drug-likeness (QED) is 0.809. The Morgan fingerprint density at radius 2 is 2.30 bits per heavy atom. The number of pyridine rings is 1. The van der Waals surface area contributed by atoms with Gasteiger partial charge in [-0.05, 0) is 49.4 Å². The zero-order chi connectivity index (χ0) is 16.7. The summed E-state index contributed by atoms with van der Waals surface area (Å²) in [4.78, 5) is 18.8. The molecule has 0 aliphatic carbocycles. The molecule has 1 atom stereocenters. The third-order valence-corrected chi connectivity index (χ3v) is 4.35. The zero-order valence-corrected chi connectivity index (χ0v) is 14.3. The van der Waals surface area contributed by atoms with E-state index < -0.39 is 0 Å². The lowest BCUT2D eigenvalue weighted by molar-refractivity contribution is 0.0929. The molecule has 2 rings (SSSR count). The molecular weight excluding hydrogens is 290 g/mol. The molecule has 1 aliphatic heterocycles. The Bertz CT molecular complexity index is 505. The van der Waals surface area contributed by atoms with Crippen molar-refractivity contribution in [3.05, 3.63) is 29.6 Å². The molecule has 1 aromatic heterocycles. The number of piperidine rings is 1. The SMILES string of the molecule is CC(C)CN1CCCC[C@H]1CCNC(=O)c1cc(CO)ccn1. The molecular formula is C18H29N3O2. The number of likely N-dealkylation sites (tertiary alicyclic amines) is 1. The van der Waals surface area contributed by atoms with Gasteiger partial charge in [-0.15, -0.1) is 0 Å². The van der Waals surface area contributed by atoms with Gasteiger partial charge in [0.1, 0.15) is 5.69 Å². The van der Waals surface area contributed by atoms with Crippen LogP contribution in [0.1, 0.15) is 55.6 Å². The number of rotatable bonds is 7. The molecule has 5 nitrogen and oxygen atoms in total. The lowest BCUT2D eigenvalue weighted by Crippen LogP contribution is -2.43. The van der Waals surface area contributed by atoms with E-state index in [0.717, 1.165) is 13.0 Å². The van der Waals surface area contributed by atoms with E-state index in [9.17, 15) is 4.79 Å². The van der Waals surface area contributed by atoms with Crippen molar-refractivity contribution in [3.8, 4) is 0 Å². The van der Waals surface area contributed by atoms with Crippen molar-refractivity contribution < 1.29 is 9.90 Å². The fraction of sp³-hybridized carbons (Fsp3) is 0.667. The van der Waals surface area contributed by atoms with Gasteiger partial charge >= 0.3 is 0 Å². The largest absolute Gasteiger partial charge is 0.392 e. The first-order valence-electron chi connectivity index (χ1n) is 8.68. The molecule has 1 saturated heterocycles. The number of aliphatic hydroxyl groups excluding tert-OH is 1. The Morgan fingerprint density at radius 3 is 3.04 bits per heavy atom. The van der Waals surface area contributed by atoms with Crippen molar-refractivity contribution in [2.24, 2.45) is 5.92 Å². The number of aromatic nitrogens is 1. The van der Waals surface area contributed by atoms with Gasteiger partial charge in [-0.3, -0.25) is 9.78 Å². The van der Waals surface area contributed by atoms with Crippen LogP contribution in [-0.2, 0) is 6.61 Å². The van der Waals surface area contributed by atoms with E-state index >= 15 is 0 Å². The molecule has 0 bridgehead atoms. The summed E-state index contributed by atoms with van der Waals surface area (Å²) in [5, 5.41) is 12.1. The molecule has 128 valence electrons. The van der Waals surface area contributed by atoms with Crippen LogP contribution in [0.4, 0.5) is 0 Å². The van der Waals surface area contributed by atoms with Gasteiger partial charge in [0, 0.05) is 25.3 Å². The Labute approximate surface area is 139 Å². The van der Waals surface area contributed by atoms with E-state index in [4.69, 9.17) is 5.11 Å². The predicted octanol–water partition coefficient (Wildman–Crippen LogP) is 2.20. The summed E-state index contributed by atoms with van der Waals surface area (Å²) in [7, 11) is 0. The molecule has 1 aromatic rings. The van der Waals surface area contributed by atoms with Gasteiger partial charge in [-0.2, -0.15) is 0 Å². The molecule has 0 spiro atoms. The molecule has 23 heavy (non-hydrogen) atoms. The van der Waals surface area contributed by atoms with E-state index in [2.05, 4.69) is 29.0 Å². The summed E-state index contributed by atoms with van der Waals surface area (Å²) < 4.78 is 0. The van der Waals surface area contributed by atoms with Crippen molar-refractivity contribution in [1.82, 2.24) is 15.2 Å². The molecule has 1 amide bonds. The maximum atomic E-state index is 12.1. The van der Waals surface area contributed by atoms with Crippen molar-refractivity contribution in [2.75, 3.05) is 19.6 Å². The summed E-state index contributed by atoms with van der Waals surface area (Å²) in [6.07, 6.45) is 6.34. The van der Waals surface area contributed by atoms with Crippen LogP contribution in [0, 0.1) is 5.92 Å². The highest BCUT2D eigenvalue weighted by Gasteiger charge is 2.22. The number of hydrogen-bond donors (Lipinski definition) is 2. The van der Waals surface area contributed by atoms with E-state index in [1.165, 1.54) is 25.8 Å². The molecule has 5 heteroatoms. The number of carbonyl (C=O) groups excluding carboxylic acids is 1. The zero-order valence-electron chi connectivity index (χ0n) is 14.3. The molecule has 0 radical (unpaired) electrons. The van der Waals surface area contributed by atoms with Crippen LogP contribution in [0.25, 0.3) is 0 Å². The minimum absolute atomic E-state index is 0.0744. The van der Waals surface area contributed by atoms with Gasteiger partial charge in [0.15, 0.2) is 0 Å². The maximum Gasteiger partial charge on any atom is 0.269 e. The number of amides is 1. The van der Waals surface area contributed by atoms with Crippen LogP contribution in [0.5, 0.6) is 0 Å². The second-order valence-electron chi connectivity index (χ2n) is 6.79. The summed E-state index contributed by atoms with van der Waals surface area (Å²) >= 11 is 0. The second kappa shape index (κ2) is 8.99. The number of aliphatic hydroxyl groups is 1. The van der Waals surface area contributed by atoms with Gasteiger partial charge in [-0.1, -0.05) is 20.3 Å². The van der Waals surface area contributed by atoms with Crippen LogP contribution < -0.4 is 5.32 Å². The monoisotopic (exact) mass is 319 g/mol. The molecule has 2 heterocycles. The molecule has 1 fully saturated rings. The van der Waals surface area contributed by atoms with E-state index in [1.807, 2.05) is 0 Å². The molecule has 2 N–H and O–H groups in total. The van der Waals surface area contributed by atoms with Crippen LogP contribution in [-0.4, -0.2) is 46.6 Å². The van der Waals surface area contributed by atoms with Gasteiger partial charge in [0.2, 0.25) is 0 Å². The van der Waals surface area contributed by atoms with E-state index in [-0.39, 0.29) is 12.5 Å². The third-order valence-electron chi connectivity index (χ3n) is 4.35. The van der Waals surface area contributed by atoms with E-state index in [1.54, 1.807) is 18.3 Å². The average molecular weight is 319 g/mol. The second-order valence-corrected chi connectivity index (χ2v) is 6.79. The third kappa shape index (κ3) is 5.59. The summed E-state index contributed by atoms with van der Waals surface area (Å²) in [5.41, 5.74) is 1.08. The standard InChI is InChI=1S/C18H29N3O2/c1-14(2)12-21-10-4-3-5-16(21)7-9-20-18(23)17-11-15(13-22)6-8-19-17/h6,8,11,14,16,22H,3-5,7,9-10,12-13H2,1-2H3,(H,20,23)/t16-/m0/s1. The topological polar surface area (TPSA) is 65.5 Å². The Kier molecular flexibility index (Phi) is 6.99. The Hall–Kier alpha value is -1.46. The van der Waals surface area contributed by atoms with Crippen molar-refractivity contribution in [2.45, 2.75) is 52.2 Å². The maximum absolute atomic E-state index is 12.1. The lowest BCUT2D eigenvalue weighted by atomic mass is 9.98. The van der Waals surface area contributed by atoms with Crippen LogP contribution >= 0.6 is 0 Å². The van der Waals surface area contributed by atoms with Crippen LogP contribution in [0.3, 0.4) is 0 Å². The highest BCUT2D eigenvalue weighted by atomic mass is 16.3. The first-order chi connectivity index (χ1) is 11.1. The molecule has 0 saturated carbocycles. The van der Waals surface area contributed by atoms with Gasteiger partial charge in [0.25, 0.3) is 5.91 Å². The van der Waals surface area contributed by atoms with E-state index in [0.29, 0.717) is 29.8 Å². The Morgan fingerprint density at radius 1 is 1.48 bits per heavy atom. The number of hydrogen-bond acceptors (Lipinski definition) is 4. The number of nitrogens with one attached hydrogen (secondary N) is 1. The highest BCUT2D eigenvalue weighted by molar-refractivity contribution is 5.92. The van der Waals surface area contributed by atoms with Crippen molar-refractivity contribution in [1.29, 1.82) is 0 Å².